The molecule has 0 radical (unpaired) electrons. The number of pyridine rings is 1. The summed E-state index contributed by atoms with van der Waals surface area (Å²) in [5.74, 6) is 2.84. The van der Waals surface area contributed by atoms with E-state index in [1.165, 1.54) is 5.56 Å². The Morgan fingerprint density at radius 2 is 1.88 bits per heavy atom. The molecule has 1 unspecified atom stereocenters. The molecule has 5 rings (SSSR count). The maximum absolute atomic E-state index is 6.15. The van der Waals surface area contributed by atoms with Gasteiger partial charge in [0, 0.05) is 56.1 Å². The molecule has 1 aromatic carbocycles. The summed E-state index contributed by atoms with van der Waals surface area (Å²) in [6.07, 6.45) is 8.37. The molecule has 178 valence electrons. The zero-order chi connectivity index (χ0) is 23.3. The predicted octanol–water partition coefficient (Wildman–Crippen LogP) is 4.35. The molecule has 3 heterocycles. The number of likely N-dealkylation sites (N-methyl/N-ethyl adjacent to an activating group) is 1. The second-order valence-electron chi connectivity index (χ2n) is 8.94. The van der Waals surface area contributed by atoms with Gasteiger partial charge in [-0.25, -0.2) is 15.0 Å². The fraction of sp³-hybridized carbons (Fsp3) is 0.423. The number of para-hydroxylation sites is 1. The summed E-state index contributed by atoms with van der Waals surface area (Å²) in [5.41, 5.74) is 3.09. The van der Waals surface area contributed by atoms with Crippen molar-refractivity contribution in [1.29, 1.82) is 0 Å². The van der Waals surface area contributed by atoms with Crippen LogP contribution in [0.4, 0.5) is 11.6 Å². The molecule has 34 heavy (non-hydrogen) atoms. The van der Waals surface area contributed by atoms with Crippen LogP contribution in [0.1, 0.15) is 23.7 Å². The molecule has 3 aromatic rings. The van der Waals surface area contributed by atoms with Crippen molar-refractivity contribution in [1.82, 2.24) is 19.9 Å². The van der Waals surface area contributed by atoms with Crippen molar-refractivity contribution in [2.75, 3.05) is 56.2 Å². The Morgan fingerprint density at radius 3 is 2.62 bits per heavy atom. The number of hydrogen-bond donors (Lipinski definition) is 1. The van der Waals surface area contributed by atoms with Gasteiger partial charge in [-0.2, -0.15) is 11.8 Å². The normalized spacial score (nSPS) is 17.4. The Bertz CT molecular complexity index is 1080. The van der Waals surface area contributed by atoms with Gasteiger partial charge in [0.1, 0.15) is 23.7 Å². The van der Waals surface area contributed by atoms with Gasteiger partial charge in [0.25, 0.3) is 0 Å². The second-order valence-corrected chi connectivity index (χ2v) is 9.98. The summed E-state index contributed by atoms with van der Waals surface area (Å²) < 4.78 is 6.15. The molecule has 7 nitrogen and oxygen atoms in total. The molecule has 1 atom stereocenters. The van der Waals surface area contributed by atoms with Crippen molar-refractivity contribution in [3.63, 3.8) is 0 Å². The van der Waals surface area contributed by atoms with Gasteiger partial charge >= 0.3 is 0 Å². The van der Waals surface area contributed by atoms with Gasteiger partial charge in [0.05, 0.1) is 17.0 Å². The van der Waals surface area contributed by atoms with Crippen molar-refractivity contribution in [2.45, 2.75) is 24.2 Å². The molecule has 0 amide bonds. The van der Waals surface area contributed by atoms with E-state index in [1.54, 1.807) is 6.33 Å². The number of piperazine rings is 1. The van der Waals surface area contributed by atoms with Crippen molar-refractivity contribution >= 4 is 23.4 Å². The maximum atomic E-state index is 6.15. The van der Waals surface area contributed by atoms with E-state index >= 15 is 0 Å². The molecule has 2 fully saturated rings. The monoisotopic (exact) mass is 476 g/mol. The van der Waals surface area contributed by atoms with Crippen LogP contribution in [0.3, 0.4) is 0 Å². The molecule has 1 aliphatic carbocycles. The third kappa shape index (κ3) is 5.62. The zero-order valence-electron chi connectivity index (χ0n) is 19.9. The highest BCUT2D eigenvalue weighted by Crippen LogP contribution is 2.37. The minimum Gasteiger partial charge on any atom is -0.490 e. The lowest BCUT2D eigenvalue weighted by Gasteiger charge is -2.33. The number of hydrogen-bond acceptors (Lipinski definition) is 8. The van der Waals surface area contributed by atoms with E-state index in [1.807, 2.05) is 30.1 Å². The highest BCUT2D eigenvalue weighted by atomic mass is 32.2. The zero-order valence-corrected chi connectivity index (χ0v) is 20.7. The molecule has 0 bridgehead atoms. The number of rotatable bonds is 9. The van der Waals surface area contributed by atoms with Gasteiger partial charge < -0.3 is 19.9 Å². The quantitative estimate of drug-likeness (QED) is 0.489. The Labute approximate surface area is 206 Å². The topological polar surface area (TPSA) is 66.4 Å². The van der Waals surface area contributed by atoms with E-state index in [0.717, 1.165) is 74.2 Å². The molecular weight excluding hydrogens is 444 g/mol. The third-order valence-electron chi connectivity index (χ3n) is 6.37. The standard InChI is InChI=1S/C26H32N6OS/c1-31-11-13-32(14-12-31)26-10-7-19(16-28-26)22-15-25(30-18-29-22)27-17-24(34-2)21-5-3-4-6-23(21)33-20-8-9-20/h3-7,10,15-16,18,20,24H,8-9,11-14,17H2,1-2H3,(H,27,29,30). The van der Waals surface area contributed by atoms with Gasteiger partial charge in [-0.3, -0.25) is 0 Å². The van der Waals surface area contributed by atoms with Gasteiger partial charge in [-0.05, 0) is 44.3 Å². The molecule has 0 spiro atoms. The van der Waals surface area contributed by atoms with Crippen LogP contribution in [0.15, 0.2) is 55.0 Å². The van der Waals surface area contributed by atoms with Crippen LogP contribution in [0, 0.1) is 0 Å². The first kappa shape index (κ1) is 22.9. The van der Waals surface area contributed by atoms with E-state index in [2.05, 4.69) is 68.7 Å². The summed E-state index contributed by atoms with van der Waals surface area (Å²) in [6, 6.07) is 14.6. The Balaban J connectivity index is 1.24. The number of aromatic nitrogens is 3. The molecule has 1 N–H and O–H groups in total. The first-order chi connectivity index (χ1) is 16.7. The van der Waals surface area contributed by atoms with Crippen LogP contribution in [0.5, 0.6) is 5.75 Å². The molecule has 2 aromatic heterocycles. The predicted molar refractivity (Wildman–Crippen MR) is 140 cm³/mol. The van der Waals surface area contributed by atoms with Gasteiger partial charge in [-0.1, -0.05) is 18.2 Å². The Kier molecular flexibility index (Phi) is 7.16. The lowest BCUT2D eigenvalue weighted by Crippen LogP contribution is -2.44. The highest BCUT2D eigenvalue weighted by Gasteiger charge is 2.26. The smallest absolute Gasteiger partial charge is 0.130 e. The van der Waals surface area contributed by atoms with E-state index < -0.39 is 0 Å². The fourth-order valence-electron chi connectivity index (χ4n) is 4.11. The Hall–Kier alpha value is -2.84. The summed E-state index contributed by atoms with van der Waals surface area (Å²) in [4.78, 5) is 18.3. The van der Waals surface area contributed by atoms with Crippen molar-refractivity contribution in [3.8, 4) is 17.0 Å². The van der Waals surface area contributed by atoms with E-state index in [9.17, 15) is 0 Å². The number of benzene rings is 1. The fourth-order valence-corrected chi connectivity index (χ4v) is 4.81. The van der Waals surface area contributed by atoms with Crippen molar-refractivity contribution < 1.29 is 4.74 Å². The lowest BCUT2D eigenvalue weighted by molar-refractivity contribution is 0.300. The second kappa shape index (κ2) is 10.6. The summed E-state index contributed by atoms with van der Waals surface area (Å²) in [6.45, 7) is 4.91. The largest absolute Gasteiger partial charge is 0.490 e. The van der Waals surface area contributed by atoms with Crippen LogP contribution in [0.2, 0.25) is 0 Å². The maximum Gasteiger partial charge on any atom is 0.130 e. The summed E-state index contributed by atoms with van der Waals surface area (Å²) in [5, 5.41) is 3.77. The van der Waals surface area contributed by atoms with Gasteiger partial charge in [-0.15, -0.1) is 0 Å². The van der Waals surface area contributed by atoms with Crippen LogP contribution < -0.4 is 15.0 Å². The highest BCUT2D eigenvalue weighted by molar-refractivity contribution is 7.98. The number of anilines is 2. The summed E-state index contributed by atoms with van der Waals surface area (Å²) in [7, 11) is 2.16. The number of nitrogens with zero attached hydrogens (tertiary/aromatic N) is 5. The minimum atomic E-state index is 0.262. The average molecular weight is 477 g/mol. The van der Waals surface area contributed by atoms with E-state index in [4.69, 9.17) is 9.72 Å². The number of ether oxygens (including phenoxy) is 1. The molecular formula is C26H32N6OS. The first-order valence-electron chi connectivity index (χ1n) is 11.9. The SMILES string of the molecule is CSC(CNc1cc(-c2ccc(N3CCN(C)CC3)nc2)ncn1)c1ccccc1OC1CC1. The number of thioether (sulfide) groups is 1. The van der Waals surface area contributed by atoms with E-state index in [-0.39, 0.29) is 5.25 Å². The first-order valence-corrected chi connectivity index (χ1v) is 13.2. The van der Waals surface area contributed by atoms with Crippen molar-refractivity contribution in [2.24, 2.45) is 0 Å². The van der Waals surface area contributed by atoms with E-state index in [0.29, 0.717) is 6.10 Å². The number of nitrogens with one attached hydrogen (secondary N) is 1. The molecule has 8 heteroatoms. The third-order valence-corrected chi connectivity index (χ3v) is 7.36. The molecule has 2 aliphatic rings. The molecule has 1 saturated heterocycles. The van der Waals surface area contributed by atoms with Crippen LogP contribution >= 0.6 is 11.8 Å². The Morgan fingerprint density at radius 1 is 1.06 bits per heavy atom. The van der Waals surface area contributed by atoms with Gasteiger partial charge in [0.2, 0.25) is 0 Å². The average Bonchev–Trinajstić information content (AvgIpc) is 3.70. The van der Waals surface area contributed by atoms with Crippen LogP contribution in [0.25, 0.3) is 11.3 Å². The van der Waals surface area contributed by atoms with Crippen LogP contribution in [-0.4, -0.2) is 72.0 Å². The van der Waals surface area contributed by atoms with Crippen LogP contribution in [-0.2, 0) is 0 Å². The minimum absolute atomic E-state index is 0.262. The van der Waals surface area contributed by atoms with Gasteiger partial charge in [0.15, 0.2) is 0 Å². The molecule has 1 saturated carbocycles. The van der Waals surface area contributed by atoms with Crippen molar-refractivity contribution in [3.05, 3.63) is 60.6 Å². The lowest BCUT2D eigenvalue weighted by atomic mass is 10.1. The molecule has 1 aliphatic heterocycles. The summed E-state index contributed by atoms with van der Waals surface area (Å²) >= 11 is 1.82.